The van der Waals surface area contributed by atoms with E-state index < -0.39 is 0 Å². The maximum atomic E-state index is 6.65. The van der Waals surface area contributed by atoms with Crippen molar-refractivity contribution in [2.75, 3.05) is 5.73 Å². The first-order chi connectivity index (χ1) is 4.74. The van der Waals surface area contributed by atoms with Crippen LogP contribution in [0.2, 0.25) is 0 Å². The Hall–Kier alpha value is -1.63. The van der Waals surface area contributed by atoms with Crippen molar-refractivity contribution >= 4 is 11.6 Å². The van der Waals surface area contributed by atoms with Gasteiger partial charge in [0.15, 0.2) is 0 Å². The highest BCUT2D eigenvalue weighted by molar-refractivity contribution is 5.44. The molecule has 10 heavy (non-hydrogen) atoms. The first kappa shape index (κ1) is 6.49. The van der Waals surface area contributed by atoms with E-state index in [1.165, 1.54) is 6.20 Å². The zero-order valence-electron chi connectivity index (χ0n) is 5.50. The van der Waals surface area contributed by atoms with E-state index in [0.717, 1.165) is 0 Å². The third-order valence-electron chi connectivity index (χ3n) is 1.05. The van der Waals surface area contributed by atoms with Crippen LogP contribution in [0, 0.1) is 13.5 Å². The molecule has 0 aromatic carbocycles. The number of aryl methyl sites for hydroxylation is 1. The van der Waals surface area contributed by atoms with Crippen molar-refractivity contribution in [2.24, 2.45) is 0 Å². The second kappa shape index (κ2) is 2.31. The Balaban J connectivity index is 3.25. The molecule has 0 unspecified atom stereocenters. The molecule has 0 aliphatic carbocycles. The molecule has 0 radical (unpaired) electrons. The predicted molar refractivity (Wildman–Crippen MR) is 37.4 cm³/mol. The van der Waals surface area contributed by atoms with Gasteiger partial charge in [0.25, 0.3) is 5.82 Å². The first-order valence-corrected chi connectivity index (χ1v) is 2.70. The Morgan fingerprint density at radius 2 is 2.40 bits per heavy atom. The van der Waals surface area contributed by atoms with E-state index in [2.05, 4.69) is 14.8 Å². The van der Waals surface area contributed by atoms with E-state index in [1.807, 2.05) is 0 Å². The summed E-state index contributed by atoms with van der Waals surface area (Å²) >= 11 is 0. The molecule has 0 amide bonds. The molecule has 1 aromatic rings. The second-order valence-corrected chi connectivity index (χ2v) is 1.82. The summed E-state index contributed by atoms with van der Waals surface area (Å²) in [6.07, 6.45) is 1.43. The van der Waals surface area contributed by atoms with E-state index in [1.54, 1.807) is 6.92 Å². The first-order valence-electron chi connectivity index (χ1n) is 2.70. The zero-order chi connectivity index (χ0) is 7.56. The van der Waals surface area contributed by atoms with E-state index in [9.17, 15) is 0 Å². The molecular formula is C6H6N4. The summed E-state index contributed by atoms with van der Waals surface area (Å²) in [4.78, 5) is 10.7. The highest BCUT2D eigenvalue weighted by Crippen LogP contribution is 2.12. The van der Waals surface area contributed by atoms with Crippen LogP contribution in [-0.4, -0.2) is 9.97 Å². The molecule has 1 heterocycles. The van der Waals surface area contributed by atoms with Gasteiger partial charge in [-0.15, -0.1) is 0 Å². The molecule has 0 bridgehead atoms. The third kappa shape index (κ3) is 1.03. The number of hydrogen-bond acceptors (Lipinski definition) is 3. The molecule has 0 aliphatic rings. The Bertz CT molecular complexity index is 286. The number of nitrogen functional groups attached to an aromatic ring is 1. The molecule has 50 valence electrons. The molecular weight excluding hydrogens is 128 g/mol. The highest BCUT2D eigenvalue weighted by Gasteiger charge is 2.00. The Morgan fingerprint density at radius 1 is 1.70 bits per heavy atom. The highest BCUT2D eigenvalue weighted by atomic mass is 15.0. The topological polar surface area (TPSA) is 56.2 Å². The fourth-order valence-electron chi connectivity index (χ4n) is 0.559. The minimum atomic E-state index is 0.278. The van der Waals surface area contributed by atoms with Crippen LogP contribution in [0.25, 0.3) is 4.85 Å². The molecule has 1 rings (SSSR count). The van der Waals surface area contributed by atoms with Gasteiger partial charge < -0.3 is 10.6 Å². The Kier molecular flexibility index (Phi) is 1.50. The van der Waals surface area contributed by atoms with Gasteiger partial charge in [-0.05, 0) is 6.92 Å². The van der Waals surface area contributed by atoms with Gasteiger partial charge in [0.2, 0.25) is 5.82 Å². The minimum Gasteiger partial charge on any atom is -0.363 e. The second-order valence-electron chi connectivity index (χ2n) is 1.82. The summed E-state index contributed by atoms with van der Waals surface area (Å²) in [7, 11) is 0. The van der Waals surface area contributed by atoms with Crippen molar-refractivity contribution in [2.45, 2.75) is 6.92 Å². The van der Waals surface area contributed by atoms with Crippen LogP contribution in [-0.2, 0) is 0 Å². The van der Waals surface area contributed by atoms with E-state index in [0.29, 0.717) is 5.69 Å². The molecule has 0 saturated heterocycles. The maximum Gasteiger partial charge on any atom is 0.293 e. The SMILES string of the molecule is [C-]#[N+]c1nc(N)cnc1C. The van der Waals surface area contributed by atoms with Crippen molar-refractivity contribution in [1.29, 1.82) is 0 Å². The van der Waals surface area contributed by atoms with E-state index in [4.69, 9.17) is 12.3 Å². The third-order valence-corrected chi connectivity index (χ3v) is 1.05. The molecule has 4 nitrogen and oxygen atoms in total. The lowest BCUT2D eigenvalue weighted by Crippen LogP contribution is -1.92. The van der Waals surface area contributed by atoms with Crippen molar-refractivity contribution in [3.8, 4) is 0 Å². The normalized spacial score (nSPS) is 8.80. The minimum absolute atomic E-state index is 0.278. The van der Waals surface area contributed by atoms with Crippen molar-refractivity contribution in [1.82, 2.24) is 9.97 Å². The maximum absolute atomic E-state index is 6.65. The van der Waals surface area contributed by atoms with E-state index in [-0.39, 0.29) is 11.6 Å². The lowest BCUT2D eigenvalue weighted by Gasteiger charge is -1.92. The molecule has 0 spiro atoms. The fraction of sp³-hybridized carbons (Fsp3) is 0.167. The van der Waals surface area contributed by atoms with Gasteiger partial charge >= 0.3 is 0 Å². The van der Waals surface area contributed by atoms with Crippen LogP contribution in [0.1, 0.15) is 5.69 Å². The summed E-state index contributed by atoms with van der Waals surface area (Å²) in [5.74, 6) is 0.566. The molecule has 2 N–H and O–H groups in total. The number of nitrogens with two attached hydrogens (primary N) is 1. The van der Waals surface area contributed by atoms with Gasteiger partial charge in [0, 0.05) is 0 Å². The fourth-order valence-corrected chi connectivity index (χ4v) is 0.559. The summed E-state index contributed by atoms with van der Waals surface area (Å²) in [6, 6.07) is 0. The molecule has 0 saturated carbocycles. The summed E-state index contributed by atoms with van der Waals surface area (Å²) in [5.41, 5.74) is 5.90. The number of hydrogen-bond donors (Lipinski definition) is 1. The number of rotatable bonds is 0. The number of aromatic nitrogens is 2. The lowest BCUT2D eigenvalue weighted by molar-refractivity contribution is 1.15. The summed E-state index contributed by atoms with van der Waals surface area (Å²) in [5, 5.41) is 0. The van der Waals surface area contributed by atoms with Crippen molar-refractivity contribution in [3.63, 3.8) is 0 Å². The average Bonchev–Trinajstić information content (AvgIpc) is 1.94. The molecule has 0 aliphatic heterocycles. The molecule has 0 fully saturated rings. The van der Waals surface area contributed by atoms with Crippen LogP contribution < -0.4 is 5.73 Å². The average molecular weight is 134 g/mol. The van der Waals surface area contributed by atoms with Crippen LogP contribution in [0.3, 0.4) is 0 Å². The van der Waals surface area contributed by atoms with Crippen molar-refractivity contribution in [3.05, 3.63) is 23.3 Å². The van der Waals surface area contributed by atoms with Gasteiger partial charge in [0.1, 0.15) is 0 Å². The van der Waals surface area contributed by atoms with Crippen molar-refractivity contribution < 1.29 is 0 Å². The smallest absolute Gasteiger partial charge is 0.293 e. The summed E-state index contributed by atoms with van der Waals surface area (Å²) < 4.78 is 0. The summed E-state index contributed by atoms with van der Waals surface area (Å²) in [6.45, 7) is 8.37. The van der Waals surface area contributed by atoms with Crippen LogP contribution in [0.15, 0.2) is 6.20 Å². The Labute approximate surface area is 58.5 Å². The van der Waals surface area contributed by atoms with Gasteiger partial charge in [-0.2, -0.15) is 0 Å². The quantitative estimate of drug-likeness (QED) is 0.537. The van der Waals surface area contributed by atoms with Crippen LogP contribution in [0.4, 0.5) is 11.6 Å². The molecule has 0 atom stereocenters. The number of nitrogens with zero attached hydrogens (tertiary/aromatic N) is 3. The standard InChI is InChI=1S/C6H6N4/c1-4-6(8-2)10-5(7)3-9-4/h3H,1H3,(H2,7,10). The largest absolute Gasteiger partial charge is 0.363 e. The predicted octanol–water partition coefficient (Wildman–Crippen LogP) is 0.918. The van der Waals surface area contributed by atoms with E-state index >= 15 is 0 Å². The molecule has 4 heteroatoms. The van der Waals surface area contributed by atoms with Crippen LogP contribution >= 0.6 is 0 Å². The molecule has 1 aromatic heterocycles. The number of anilines is 1. The van der Waals surface area contributed by atoms with Gasteiger partial charge in [-0.1, -0.05) is 11.6 Å². The van der Waals surface area contributed by atoms with Gasteiger partial charge in [-0.25, -0.2) is 0 Å². The zero-order valence-corrected chi connectivity index (χ0v) is 5.50. The van der Waals surface area contributed by atoms with Gasteiger partial charge in [-0.3, -0.25) is 4.98 Å². The van der Waals surface area contributed by atoms with Gasteiger partial charge in [0.05, 0.1) is 11.9 Å². The lowest BCUT2D eigenvalue weighted by atomic mass is 10.4. The monoisotopic (exact) mass is 134 g/mol. The Morgan fingerprint density at radius 3 is 2.90 bits per heavy atom. The van der Waals surface area contributed by atoms with Crippen LogP contribution in [0.5, 0.6) is 0 Å².